The molecule has 2 heterocycles. The van der Waals surface area contributed by atoms with E-state index in [0.29, 0.717) is 0 Å². The van der Waals surface area contributed by atoms with Gasteiger partial charge in [0.25, 0.3) is 5.91 Å². The zero-order valence-electron chi connectivity index (χ0n) is 11.7. The Bertz CT molecular complexity index is 738. The molecule has 5 nitrogen and oxygen atoms in total. The maximum absolute atomic E-state index is 12.4. The third kappa shape index (κ3) is 2.35. The summed E-state index contributed by atoms with van der Waals surface area (Å²) in [6.07, 6.45) is 3.54. The molecular weight excluding hydrogens is 278 g/mol. The molecule has 1 aliphatic rings. The van der Waals surface area contributed by atoms with E-state index in [1.54, 1.807) is 17.0 Å². The van der Waals surface area contributed by atoms with Gasteiger partial charge in [0.2, 0.25) is 11.9 Å². The van der Waals surface area contributed by atoms with Crippen molar-refractivity contribution in [3.63, 3.8) is 0 Å². The molecule has 0 aliphatic carbocycles. The van der Waals surface area contributed by atoms with E-state index in [-0.39, 0.29) is 5.91 Å². The van der Waals surface area contributed by atoms with E-state index < -0.39 is 23.8 Å². The molecule has 0 unspecified atom stereocenters. The summed E-state index contributed by atoms with van der Waals surface area (Å²) >= 11 is 0. The molecule has 3 atom stereocenters. The first-order valence-electron chi connectivity index (χ1n) is 6.97. The highest BCUT2D eigenvalue weighted by molar-refractivity contribution is 6.02. The van der Waals surface area contributed by atoms with Crippen molar-refractivity contribution in [2.75, 3.05) is 0 Å². The molecule has 108 valence electrons. The summed E-state index contributed by atoms with van der Waals surface area (Å²) in [7, 11) is 0. The number of benzene rings is 1. The van der Waals surface area contributed by atoms with Crippen LogP contribution in [0, 0.1) is 17.2 Å². The number of rotatable bonds is 2. The molecular formula is C17H14N3O2+. The second kappa shape index (κ2) is 5.78. The van der Waals surface area contributed by atoms with Gasteiger partial charge in [0, 0.05) is 12.1 Å². The molecule has 1 fully saturated rings. The van der Waals surface area contributed by atoms with Gasteiger partial charge in [-0.3, -0.25) is 14.9 Å². The van der Waals surface area contributed by atoms with Crippen LogP contribution >= 0.6 is 0 Å². The maximum Gasteiger partial charge on any atom is 0.296 e. The molecule has 1 N–H and O–H groups in total. The highest BCUT2D eigenvalue weighted by atomic mass is 16.2. The molecule has 0 spiro atoms. The molecule has 22 heavy (non-hydrogen) atoms. The molecule has 2 amide bonds. The monoisotopic (exact) mass is 292 g/mol. The first kappa shape index (κ1) is 14.0. The van der Waals surface area contributed by atoms with Crippen LogP contribution in [-0.2, 0) is 9.59 Å². The molecule has 3 rings (SSSR count). The lowest BCUT2D eigenvalue weighted by Gasteiger charge is -2.29. The number of nitriles is 1. The summed E-state index contributed by atoms with van der Waals surface area (Å²) in [4.78, 5) is 24.4. The van der Waals surface area contributed by atoms with E-state index in [1.165, 1.54) is 0 Å². The Balaban J connectivity index is 2.14. The third-order valence-corrected chi connectivity index (χ3v) is 3.88. The van der Waals surface area contributed by atoms with Crippen LogP contribution in [0.25, 0.3) is 0 Å². The normalized spacial score (nSPS) is 24.4. The van der Waals surface area contributed by atoms with Gasteiger partial charge in [0.1, 0.15) is 5.92 Å². The topological polar surface area (TPSA) is 73.8 Å². The number of carbonyl (C=O) groups excluding carboxylic acids is 2. The number of imide groups is 1. The van der Waals surface area contributed by atoms with Crippen molar-refractivity contribution in [3.8, 4) is 6.07 Å². The summed E-state index contributed by atoms with van der Waals surface area (Å²) < 4.78 is 1.74. The average molecular weight is 292 g/mol. The summed E-state index contributed by atoms with van der Waals surface area (Å²) in [5, 5.41) is 11.7. The fourth-order valence-electron chi connectivity index (χ4n) is 2.89. The smallest absolute Gasteiger partial charge is 0.289 e. The van der Waals surface area contributed by atoms with Gasteiger partial charge < -0.3 is 0 Å². The minimum absolute atomic E-state index is 0.387. The Morgan fingerprint density at radius 1 is 0.955 bits per heavy atom. The number of hydrogen-bond donors (Lipinski definition) is 1. The van der Waals surface area contributed by atoms with Crippen LogP contribution in [0.2, 0.25) is 0 Å². The van der Waals surface area contributed by atoms with Crippen molar-refractivity contribution in [1.29, 1.82) is 5.26 Å². The Hall–Kier alpha value is -3.00. The number of piperidine rings is 1. The van der Waals surface area contributed by atoms with Gasteiger partial charge in [0.05, 0.1) is 12.0 Å². The van der Waals surface area contributed by atoms with E-state index in [2.05, 4.69) is 5.32 Å². The predicted octanol–water partition coefficient (Wildman–Crippen LogP) is 1.10. The second-order valence-electron chi connectivity index (χ2n) is 5.16. The minimum Gasteiger partial charge on any atom is -0.289 e. The van der Waals surface area contributed by atoms with E-state index in [0.717, 1.165) is 5.56 Å². The molecule has 0 saturated carbocycles. The van der Waals surface area contributed by atoms with Crippen LogP contribution in [-0.4, -0.2) is 11.8 Å². The number of pyridine rings is 1. The number of nitrogens with zero attached hydrogens (tertiary/aromatic N) is 2. The van der Waals surface area contributed by atoms with Gasteiger partial charge in [-0.15, -0.1) is 0 Å². The van der Waals surface area contributed by atoms with Crippen molar-refractivity contribution in [2.24, 2.45) is 5.92 Å². The average Bonchev–Trinajstić information content (AvgIpc) is 2.56. The van der Waals surface area contributed by atoms with Crippen LogP contribution in [0.1, 0.15) is 17.5 Å². The minimum atomic E-state index is -0.905. The quantitative estimate of drug-likeness (QED) is 0.665. The van der Waals surface area contributed by atoms with Crippen LogP contribution in [0.5, 0.6) is 0 Å². The van der Waals surface area contributed by atoms with Crippen LogP contribution in [0.15, 0.2) is 60.9 Å². The molecule has 0 radical (unpaired) electrons. The lowest BCUT2D eigenvalue weighted by atomic mass is 9.77. The fourth-order valence-corrected chi connectivity index (χ4v) is 2.89. The lowest BCUT2D eigenvalue weighted by molar-refractivity contribution is -0.713. The highest BCUT2D eigenvalue weighted by Gasteiger charge is 2.50. The van der Waals surface area contributed by atoms with Crippen LogP contribution in [0.3, 0.4) is 0 Å². The molecule has 1 aromatic heterocycles. The van der Waals surface area contributed by atoms with E-state index in [4.69, 9.17) is 0 Å². The number of nitrogens with one attached hydrogen (secondary N) is 1. The van der Waals surface area contributed by atoms with Crippen LogP contribution < -0.4 is 9.88 Å². The zero-order valence-corrected chi connectivity index (χ0v) is 11.7. The first-order chi connectivity index (χ1) is 10.7. The third-order valence-electron chi connectivity index (χ3n) is 3.88. The van der Waals surface area contributed by atoms with E-state index in [9.17, 15) is 14.9 Å². The number of carbonyl (C=O) groups is 2. The standard InChI is InChI=1S/C17H13N3O2/c18-11-13-14(12-7-3-1-4-8-12)15(17(22)19-16(13)21)20-9-5-2-6-10-20/h1-10,13-15H/p+1/t13-,14-,15+/m0/s1. The molecule has 2 aromatic rings. The molecule has 1 aromatic carbocycles. The molecule has 0 bridgehead atoms. The van der Waals surface area contributed by atoms with Gasteiger partial charge in [-0.2, -0.15) is 9.83 Å². The number of amides is 2. The van der Waals surface area contributed by atoms with Crippen LogP contribution in [0.4, 0.5) is 0 Å². The van der Waals surface area contributed by atoms with Crippen molar-refractivity contribution in [1.82, 2.24) is 5.32 Å². The zero-order chi connectivity index (χ0) is 15.5. The summed E-state index contributed by atoms with van der Waals surface area (Å²) in [5.74, 6) is -2.34. The lowest BCUT2D eigenvalue weighted by Crippen LogP contribution is -2.59. The van der Waals surface area contributed by atoms with Gasteiger partial charge >= 0.3 is 0 Å². The summed E-state index contributed by atoms with van der Waals surface area (Å²) in [6, 6.07) is 16.1. The Morgan fingerprint density at radius 2 is 1.59 bits per heavy atom. The second-order valence-corrected chi connectivity index (χ2v) is 5.16. The Labute approximate surface area is 127 Å². The number of aromatic nitrogens is 1. The Morgan fingerprint density at radius 3 is 2.23 bits per heavy atom. The molecule has 1 aliphatic heterocycles. The molecule has 5 heteroatoms. The van der Waals surface area contributed by atoms with Gasteiger partial charge in [-0.1, -0.05) is 36.4 Å². The Kier molecular flexibility index (Phi) is 3.67. The van der Waals surface area contributed by atoms with Crippen molar-refractivity contribution in [3.05, 3.63) is 66.5 Å². The van der Waals surface area contributed by atoms with Crippen molar-refractivity contribution in [2.45, 2.75) is 12.0 Å². The first-order valence-corrected chi connectivity index (χ1v) is 6.97. The molecule has 1 saturated heterocycles. The van der Waals surface area contributed by atoms with Gasteiger partial charge in [0.15, 0.2) is 12.4 Å². The van der Waals surface area contributed by atoms with Crippen molar-refractivity contribution < 1.29 is 14.2 Å². The summed E-state index contributed by atoms with van der Waals surface area (Å²) in [6.45, 7) is 0. The SMILES string of the molecule is N#C[C@@H]1C(=O)NC(=O)[C@H]([n+]2ccccc2)[C@H]1c1ccccc1. The van der Waals surface area contributed by atoms with E-state index in [1.807, 2.05) is 54.6 Å². The highest BCUT2D eigenvalue weighted by Crippen LogP contribution is 2.35. The summed E-state index contributed by atoms with van der Waals surface area (Å²) in [5.41, 5.74) is 0.804. The largest absolute Gasteiger partial charge is 0.296 e. The van der Waals surface area contributed by atoms with Gasteiger partial charge in [-0.05, 0) is 5.56 Å². The van der Waals surface area contributed by atoms with E-state index >= 15 is 0 Å². The fraction of sp³-hybridized carbons (Fsp3) is 0.176. The predicted molar refractivity (Wildman–Crippen MR) is 77.1 cm³/mol. The van der Waals surface area contributed by atoms with Crippen molar-refractivity contribution >= 4 is 11.8 Å². The maximum atomic E-state index is 12.4. The van der Waals surface area contributed by atoms with Gasteiger partial charge in [-0.25, -0.2) is 0 Å². The number of hydrogen-bond acceptors (Lipinski definition) is 3.